The fraction of sp³-hybridized carbons (Fsp3) is 0.118. The summed E-state index contributed by atoms with van der Waals surface area (Å²) in [6, 6.07) is 10.1. The van der Waals surface area contributed by atoms with E-state index in [1.807, 2.05) is 0 Å². The predicted molar refractivity (Wildman–Crippen MR) is 91.6 cm³/mol. The fourth-order valence-corrected chi connectivity index (χ4v) is 3.19. The van der Waals surface area contributed by atoms with Gasteiger partial charge in [-0.25, -0.2) is 4.39 Å². The van der Waals surface area contributed by atoms with Crippen LogP contribution >= 0.6 is 11.6 Å². The first-order valence-corrected chi connectivity index (χ1v) is 8.88. The van der Waals surface area contributed by atoms with Gasteiger partial charge in [-0.15, -0.1) is 0 Å². The van der Waals surface area contributed by atoms with Crippen LogP contribution in [0.5, 0.6) is 0 Å². The van der Waals surface area contributed by atoms with Gasteiger partial charge in [0.2, 0.25) is 17.4 Å². The molecule has 9 heteroatoms. The van der Waals surface area contributed by atoms with Gasteiger partial charge in [0.15, 0.2) is 6.08 Å². The molecule has 26 heavy (non-hydrogen) atoms. The fourth-order valence-electron chi connectivity index (χ4n) is 2.13. The maximum atomic E-state index is 13.7. The van der Waals surface area contributed by atoms with E-state index in [-0.39, 0.29) is 5.56 Å². The zero-order chi connectivity index (χ0) is 21.6. The number of Topliss-reactive ketones (excluding diaryl/α,β-unsaturated/α-hetero) is 1. The molecule has 6 nitrogen and oxygen atoms in total. The van der Waals surface area contributed by atoms with Crippen molar-refractivity contribution in [2.75, 3.05) is 0 Å². The van der Waals surface area contributed by atoms with Crippen LogP contribution in [0.2, 0.25) is 5.02 Å². The number of ether oxygens (including phenoxy) is 1. The molecule has 2 aromatic rings. The lowest BCUT2D eigenvalue weighted by Gasteiger charge is -2.12. The standard InChI is InChI=1S/C17H13ClFNO5S/c18-13-11(7-4-8-12(13)19)15-14(21)16(17(20)24-15)25-26(22,23)9-10-5-2-1-3-6-10/h1-8,15H,9,20H2/t15-/m1/s1/i9D2,15D. The minimum atomic E-state index is -5.11. The van der Waals surface area contributed by atoms with Crippen LogP contribution in [0.25, 0.3) is 0 Å². The van der Waals surface area contributed by atoms with E-state index in [9.17, 15) is 17.6 Å². The van der Waals surface area contributed by atoms with Crippen molar-refractivity contribution in [3.05, 3.63) is 82.1 Å². The third-order valence-electron chi connectivity index (χ3n) is 3.25. The molecule has 2 aromatic carbocycles. The maximum absolute atomic E-state index is 13.7. The number of hydrogen-bond donors (Lipinski definition) is 1. The number of carbonyl (C=O) groups excluding carboxylic acids is 1. The Morgan fingerprint density at radius 2 is 1.96 bits per heavy atom. The summed E-state index contributed by atoms with van der Waals surface area (Å²) in [4.78, 5) is 12.7. The van der Waals surface area contributed by atoms with Gasteiger partial charge in [0, 0.05) is 5.56 Å². The van der Waals surface area contributed by atoms with Gasteiger partial charge in [-0.1, -0.05) is 54.1 Å². The van der Waals surface area contributed by atoms with E-state index < -0.39 is 55.7 Å². The van der Waals surface area contributed by atoms with Gasteiger partial charge in [-0.2, -0.15) is 8.42 Å². The average molecular weight is 401 g/mol. The quantitative estimate of drug-likeness (QED) is 0.775. The first kappa shape index (κ1) is 14.6. The monoisotopic (exact) mass is 400 g/mol. The molecule has 1 aliphatic rings. The molecule has 1 atom stereocenters. The molecule has 136 valence electrons. The SMILES string of the molecule is [2H]C([2H])(c1ccccc1)S(=O)(=O)OC1=C(N)O[C@]([2H])(c2cccc(F)c2Cl)C1=O. The Morgan fingerprint density at radius 1 is 1.27 bits per heavy atom. The Morgan fingerprint density at radius 3 is 2.65 bits per heavy atom. The summed E-state index contributed by atoms with van der Waals surface area (Å²) >= 11 is 5.80. The highest BCUT2D eigenvalue weighted by atomic mass is 35.5. The average Bonchev–Trinajstić information content (AvgIpc) is 2.88. The number of rotatable bonds is 5. The molecule has 0 radical (unpaired) electrons. The highest BCUT2D eigenvalue weighted by molar-refractivity contribution is 7.86. The molecule has 0 unspecified atom stereocenters. The van der Waals surface area contributed by atoms with Crippen LogP contribution in [-0.4, -0.2) is 14.2 Å². The summed E-state index contributed by atoms with van der Waals surface area (Å²) in [7, 11) is -5.11. The predicted octanol–water partition coefficient (Wildman–Crippen LogP) is 2.79. The highest BCUT2D eigenvalue weighted by Gasteiger charge is 2.40. The van der Waals surface area contributed by atoms with Gasteiger partial charge < -0.3 is 14.7 Å². The minimum Gasteiger partial charge on any atom is -0.460 e. The minimum absolute atomic E-state index is 0.254. The second kappa shape index (κ2) is 6.97. The number of ketones is 1. The van der Waals surface area contributed by atoms with E-state index in [2.05, 4.69) is 4.18 Å². The largest absolute Gasteiger partial charge is 0.460 e. The van der Waals surface area contributed by atoms with Crippen molar-refractivity contribution in [2.45, 2.75) is 11.8 Å². The molecule has 0 aliphatic carbocycles. The first-order chi connectivity index (χ1) is 13.4. The van der Waals surface area contributed by atoms with E-state index in [1.54, 1.807) is 6.07 Å². The first-order valence-electron chi connectivity index (χ1n) is 8.59. The zero-order valence-corrected chi connectivity index (χ0v) is 14.5. The topological polar surface area (TPSA) is 95.7 Å². The highest BCUT2D eigenvalue weighted by Crippen LogP contribution is 2.36. The second-order valence-corrected chi connectivity index (χ2v) is 6.72. The summed E-state index contributed by atoms with van der Waals surface area (Å²) in [5, 5.41) is -0.590. The Bertz CT molecular complexity index is 1130. The van der Waals surface area contributed by atoms with Crippen molar-refractivity contribution in [2.24, 2.45) is 5.73 Å². The van der Waals surface area contributed by atoms with E-state index in [0.29, 0.717) is 0 Å². The number of carbonyl (C=O) groups is 1. The van der Waals surface area contributed by atoms with E-state index in [4.69, 9.17) is 26.2 Å². The molecule has 0 saturated carbocycles. The van der Waals surface area contributed by atoms with Gasteiger partial charge in [0.1, 0.15) is 11.5 Å². The molecule has 1 aliphatic heterocycles. The lowest BCUT2D eigenvalue weighted by molar-refractivity contribution is -0.123. The summed E-state index contributed by atoms with van der Waals surface area (Å²) in [6.07, 6.45) is -2.70. The molecule has 0 fully saturated rings. The van der Waals surface area contributed by atoms with Crippen molar-refractivity contribution in [3.63, 3.8) is 0 Å². The zero-order valence-electron chi connectivity index (χ0n) is 15.9. The van der Waals surface area contributed by atoms with E-state index >= 15 is 0 Å². The Kier molecular flexibility index (Phi) is 3.91. The lowest BCUT2D eigenvalue weighted by Crippen LogP contribution is -2.16. The Hall–Kier alpha value is -2.58. The van der Waals surface area contributed by atoms with Crippen molar-refractivity contribution in [1.29, 1.82) is 0 Å². The van der Waals surface area contributed by atoms with Crippen LogP contribution in [0.15, 0.2) is 60.2 Å². The van der Waals surface area contributed by atoms with Gasteiger partial charge in [0.05, 0.1) is 9.13 Å². The number of halogens is 2. The van der Waals surface area contributed by atoms with Crippen LogP contribution < -0.4 is 5.73 Å². The van der Waals surface area contributed by atoms with Gasteiger partial charge in [-0.05, 0) is 11.6 Å². The number of hydrogen-bond acceptors (Lipinski definition) is 6. The van der Waals surface area contributed by atoms with Gasteiger partial charge >= 0.3 is 10.1 Å². The van der Waals surface area contributed by atoms with Crippen molar-refractivity contribution in [3.8, 4) is 0 Å². The van der Waals surface area contributed by atoms with Crippen molar-refractivity contribution >= 4 is 27.5 Å². The number of nitrogens with two attached hydrogens (primary N) is 1. The van der Waals surface area contributed by atoms with Crippen LogP contribution in [0, 0.1) is 5.82 Å². The molecule has 0 aromatic heterocycles. The molecule has 0 amide bonds. The van der Waals surface area contributed by atoms with Gasteiger partial charge in [0.25, 0.3) is 0 Å². The van der Waals surface area contributed by atoms with Crippen LogP contribution in [-0.2, 0) is 29.5 Å². The molecule has 2 N–H and O–H groups in total. The van der Waals surface area contributed by atoms with E-state index in [1.165, 1.54) is 30.3 Å². The van der Waals surface area contributed by atoms with Crippen LogP contribution in [0.4, 0.5) is 4.39 Å². The summed E-state index contributed by atoms with van der Waals surface area (Å²) < 4.78 is 72.5. The molecule has 3 rings (SSSR count). The maximum Gasteiger partial charge on any atom is 0.313 e. The lowest BCUT2D eigenvalue weighted by atomic mass is 10.1. The Balaban J connectivity index is 1.97. The van der Waals surface area contributed by atoms with Crippen LogP contribution in [0.3, 0.4) is 0 Å². The second-order valence-electron chi connectivity index (χ2n) is 5.06. The third-order valence-corrected chi connectivity index (χ3v) is 4.51. The van der Waals surface area contributed by atoms with Gasteiger partial charge in [-0.3, -0.25) is 4.79 Å². The Labute approximate surface area is 158 Å². The van der Waals surface area contributed by atoms with E-state index in [0.717, 1.165) is 12.1 Å². The smallest absolute Gasteiger partial charge is 0.313 e. The third kappa shape index (κ3) is 3.66. The molecule has 0 spiro atoms. The van der Waals surface area contributed by atoms with Crippen molar-refractivity contribution < 1.29 is 30.6 Å². The summed E-state index contributed by atoms with van der Waals surface area (Å²) in [6.45, 7) is 0. The summed E-state index contributed by atoms with van der Waals surface area (Å²) in [5.74, 6) is -4.29. The normalized spacial score (nSPS) is 22.4. The molecular weight excluding hydrogens is 385 g/mol. The molecular formula is C17H13ClFNO5S. The van der Waals surface area contributed by atoms with Crippen LogP contribution in [0.1, 0.15) is 21.3 Å². The molecule has 0 bridgehead atoms. The number of benzene rings is 2. The van der Waals surface area contributed by atoms with Crippen molar-refractivity contribution in [1.82, 2.24) is 0 Å². The molecule has 0 saturated heterocycles. The molecule has 1 heterocycles. The summed E-state index contributed by atoms with van der Waals surface area (Å²) in [5.41, 5.74) is 1.80.